The SMILES string of the molecule is CN1C=CN(c2[c-]c(SCc3[c-]c(N4[CH-]N(C)c5ccccc54)ccc3)ccc2)[CH-]1.[Pt+4]. The zero-order chi connectivity index (χ0) is 20.5. The Morgan fingerprint density at radius 2 is 1.58 bits per heavy atom. The smallest absolute Gasteiger partial charge is 0.510 e. The van der Waals surface area contributed by atoms with Gasteiger partial charge in [0, 0.05) is 11.4 Å². The molecule has 31 heavy (non-hydrogen) atoms. The van der Waals surface area contributed by atoms with Gasteiger partial charge in [-0.1, -0.05) is 12.1 Å². The minimum absolute atomic E-state index is 0. The maximum Gasteiger partial charge on any atom is 4.00 e. The maximum atomic E-state index is 3.59. The average Bonchev–Trinajstić information content (AvgIpc) is 3.36. The van der Waals surface area contributed by atoms with Crippen molar-refractivity contribution in [3.63, 3.8) is 0 Å². The van der Waals surface area contributed by atoms with E-state index in [4.69, 9.17) is 0 Å². The summed E-state index contributed by atoms with van der Waals surface area (Å²) in [6.07, 6.45) is 4.07. The van der Waals surface area contributed by atoms with Gasteiger partial charge in [-0.15, -0.1) is 22.3 Å². The largest absolute Gasteiger partial charge is 4.00 e. The summed E-state index contributed by atoms with van der Waals surface area (Å²) in [7, 11) is 4.10. The van der Waals surface area contributed by atoms with Crippen molar-refractivity contribution in [3.05, 3.63) is 104 Å². The molecule has 0 amide bonds. The number of anilines is 4. The number of hydrogen-bond donors (Lipinski definition) is 0. The third-order valence-corrected chi connectivity index (χ3v) is 6.10. The summed E-state index contributed by atoms with van der Waals surface area (Å²) in [6.45, 7) is 4.15. The van der Waals surface area contributed by atoms with Crippen molar-refractivity contribution in [2.45, 2.75) is 10.6 Å². The fourth-order valence-electron chi connectivity index (χ4n) is 3.60. The monoisotopic (exact) mass is 605 g/mol. The standard InChI is InChI=1S/C25H22N4S.Pt/c1-26-13-14-28(18-26)21-8-6-10-23(16-21)30-17-20-7-5-9-22(15-20)29-19-27(2)24-11-3-4-12-25(24)29;/h3-14,18-19H,17H2,1-2H3;/q-4;+4. The zero-order valence-electron chi connectivity index (χ0n) is 17.3. The van der Waals surface area contributed by atoms with Gasteiger partial charge in [0.05, 0.1) is 0 Å². The molecule has 5 rings (SSSR count). The normalized spacial score (nSPS) is 14.8. The minimum atomic E-state index is 0. The van der Waals surface area contributed by atoms with E-state index in [-0.39, 0.29) is 21.1 Å². The Morgan fingerprint density at radius 1 is 0.806 bits per heavy atom. The number of hydrogen-bond acceptors (Lipinski definition) is 5. The number of para-hydroxylation sites is 2. The van der Waals surface area contributed by atoms with Gasteiger partial charge in [-0.25, -0.2) is 0 Å². The van der Waals surface area contributed by atoms with E-state index in [1.54, 1.807) is 11.8 Å². The number of benzene rings is 3. The van der Waals surface area contributed by atoms with Gasteiger partial charge >= 0.3 is 21.1 Å². The number of fused-ring (bicyclic) bond motifs is 1. The fourth-order valence-corrected chi connectivity index (χ4v) is 4.43. The Bertz CT molecular complexity index is 1090. The van der Waals surface area contributed by atoms with Gasteiger partial charge in [0.25, 0.3) is 0 Å². The van der Waals surface area contributed by atoms with Gasteiger partial charge in [-0.05, 0) is 44.4 Å². The fraction of sp³-hybridized carbons (Fsp3) is 0.120. The molecule has 0 spiro atoms. The molecule has 158 valence electrons. The van der Waals surface area contributed by atoms with Crippen LogP contribution in [0.15, 0.2) is 78.0 Å². The van der Waals surface area contributed by atoms with Gasteiger partial charge in [-0.3, -0.25) is 0 Å². The molecule has 3 aromatic carbocycles. The first kappa shape index (κ1) is 21.9. The summed E-state index contributed by atoms with van der Waals surface area (Å²) >= 11 is 1.78. The molecule has 0 atom stereocenters. The molecule has 0 aliphatic carbocycles. The summed E-state index contributed by atoms with van der Waals surface area (Å²) in [5.41, 5.74) is 5.66. The van der Waals surface area contributed by atoms with Crippen LogP contribution in [0.5, 0.6) is 0 Å². The molecule has 2 heterocycles. The molecule has 2 aliphatic rings. The van der Waals surface area contributed by atoms with E-state index in [0.717, 1.165) is 22.0 Å². The predicted molar refractivity (Wildman–Crippen MR) is 125 cm³/mol. The molecular weight excluding hydrogens is 583 g/mol. The first-order valence-corrected chi connectivity index (χ1v) is 10.8. The quantitative estimate of drug-likeness (QED) is 0.276. The maximum absolute atomic E-state index is 3.59. The van der Waals surface area contributed by atoms with Crippen LogP contribution in [0.3, 0.4) is 0 Å². The summed E-state index contributed by atoms with van der Waals surface area (Å²) in [6, 6.07) is 28.2. The van der Waals surface area contributed by atoms with Gasteiger partial charge in [0.2, 0.25) is 0 Å². The second-order valence-electron chi connectivity index (χ2n) is 7.32. The zero-order valence-corrected chi connectivity index (χ0v) is 20.4. The van der Waals surface area contributed by atoms with Crippen molar-refractivity contribution in [1.82, 2.24) is 4.90 Å². The molecule has 0 aromatic heterocycles. The van der Waals surface area contributed by atoms with Crippen molar-refractivity contribution >= 4 is 34.5 Å². The Hall–Kier alpha value is -2.36. The van der Waals surface area contributed by atoms with E-state index in [2.05, 4.69) is 101 Å². The van der Waals surface area contributed by atoms with Gasteiger partial charge in [0.1, 0.15) is 0 Å². The Labute approximate surface area is 203 Å². The van der Waals surface area contributed by atoms with Crippen LogP contribution < -0.4 is 14.7 Å². The van der Waals surface area contributed by atoms with E-state index < -0.39 is 0 Å². The summed E-state index contributed by atoms with van der Waals surface area (Å²) in [5, 5.41) is 0. The van der Waals surface area contributed by atoms with Crippen LogP contribution in [0.4, 0.5) is 22.7 Å². The first-order chi connectivity index (χ1) is 14.7. The molecular formula is C25H22N4PtS. The minimum Gasteiger partial charge on any atom is -0.510 e. The molecule has 2 aliphatic heterocycles. The second kappa shape index (κ2) is 9.42. The molecule has 6 heteroatoms. The molecule has 0 saturated heterocycles. The van der Waals surface area contributed by atoms with Gasteiger partial charge in [-0.2, -0.15) is 73.1 Å². The molecule has 0 fully saturated rings. The number of nitrogens with zero attached hydrogens (tertiary/aromatic N) is 4. The third-order valence-electron chi connectivity index (χ3n) is 5.09. The van der Waals surface area contributed by atoms with Crippen LogP contribution in [0.25, 0.3) is 0 Å². The van der Waals surface area contributed by atoms with E-state index in [9.17, 15) is 0 Å². The van der Waals surface area contributed by atoms with Gasteiger partial charge in [0.15, 0.2) is 0 Å². The van der Waals surface area contributed by atoms with E-state index >= 15 is 0 Å². The second-order valence-corrected chi connectivity index (χ2v) is 8.34. The van der Waals surface area contributed by atoms with Crippen molar-refractivity contribution in [2.75, 3.05) is 28.8 Å². The molecule has 3 aromatic rings. The molecule has 0 bridgehead atoms. The van der Waals surface area contributed by atoms with E-state index in [1.165, 1.54) is 16.9 Å². The molecule has 0 N–H and O–H groups in total. The molecule has 4 nitrogen and oxygen atoms in total. The van der Waals surface area contributed by atoms with Crippen molar-refractivity contribution in [3.8, 4) is 0 Å². The van der Waals surface area contributed by atoms with Crippen molar-refractivity contribution < 1.29 is 21.1 Å². The van der Waals surface area contributed by atoms with Gasteiger partial charge < -0.3 is 19.6 Å². The van der Waals surface area contributed by atoms with Crippen LogP contribution in [-0.4, -0.2) is 19.0 Å². The summed E-state index contributed by atoms with van der Waals surface area (Å²) in [4.78, 5) is 9.57. The van der Waals surface area contributed by atoms with Crippen LogP contribution in [0, 0.1) is 25.5 Å². The van der Waals surface area contributed by atoms with Crippen LogP contribution >= 0.6 is 11.8 Å². The number of rotatable bonds is 5. The van der Waals surface area contributed by atoms with Crippen LogP contribution in [0.1, 0.15) is 5.56 Å². The van der Waals surface area contributed by atoms with Crippen molar-refractivity contribution in [1.29, 1.82) is 0 Å². The van der Waals surface area contributed by atoms with Crippen molar-refractivity contribution in [2.24, 2.45) is 0 Å². The summed E-state index contributed by atoms with van der Waals surface area (Å²) < 4.78 is 0. The Morgan fingerprint density at radius 3 is 2.39 bits per heavy atom. The first-order valence-electron chi connectivity index (χ1n) is 9.83. The average molecular weight is 606 g/mol. The molecule has 0 unspecified atom stereocenters. The Balaban J connectivity index is 0.00000231. The number of thioether (sulfide) groups is 1. The Kier molecular flexibility index (Phi) is 6.64. The summed E-state index contributed by atoms with van der Waals surface area (Å²) in [5.74, 6) is 0.846. The third kappa shape index (κ3) is 4.63. The molecule has 0 saturated carbocycles. The molecule has 0 radical (unpaired) electrons. The van der Waals surface area contributed by atoms with E-state index in [1.807, 2.05) is 31.0 Å². The predicted octanol–water partition coefficient (Wildman–Crippen LogP) is 5.63. The van der Waals surface area contributed by atoms with E-state index in [0.29, 0.717) is 0 Å². The topological polar surface area (TPSA) is 13.0 Å². The van der Waals surface area contributed by atoms with Crippen LogP contribution in [0.2, 0.25) is 0 Å². The van der Waals surface area contributed by atoms with Crippen LogP contribution in [-0.2, 0) is 26.8 Å².